The Bertz CT molecular complexity index is 1840. The van der Waals surface area contributed by atoms with E-state index in [9.17, 15) is 14.4 Å². The second-order valence-corrected chi connectivity index (χ2v) is 11.0. The summed E-state index contributed by atoms with van der Waals surface area (Å²) in [7, 11) is 0. The molecular formula is C36H28N2O6. The number of benzene rings is 4. The first kappa shape index (κ1) is 27.4. The number of rotatable bonds is 8. The number of ether oxygens (including phenoxy) is 3. The molecule has 1 fully saturated rings. The van der Waals surface area contributed by atoms with Gasteiger partial charge in [0.1, 0.15) is 29.1 Å². The molecule has 3 aliphatic heterocycles. The van der Waals surface area contributed by atoms with E-state index >= 15 is 0 Å². The minimum atomic E-state index is -0.351. The van der Waals surface area contributed by atoms with Crippen molar-refractivity contribution in [2.75, 3.05) is 9.80 Å². The Morgan fingerprint density at radius 1 is 0.636 bits per heavy atom. The van der Waals surface area contributed by atoms with Crippen LogP contribution in [0.3, 0.4) is 0 Å². The Morgan fingerprint density at radius 2 is 1.16 bits per heavy atom. The number of anilines is 2. The zero-order chi connectivity index (χ0) is 30.4. The van der Waals surface area contributed by atoms with Gasteiger partial charge in [-0.15, -0.1) is 0 Å². The lowest BCUT2D eigenvalue weighted by Crippen LogP contribution is -2.35. The van der Waals surface area contributed by atoms with Gasteiger partial charge in [-0.05, 0) is 109 Å². The Balaban J connectivity index is 0.975. The summed E-state index contributed by atoms with van der Waals surface area (Å²) in [4.78, 5) is 38.9. The van der Waals surface area contributed by atoms with E-state index in [2.05, 4.69) is 18.2 Å². The summed E-state index contributed by atoms with van der Waals surface area (Å²) in [6, 6.07) is 26.6. The van der Waals surface area contributed by atoms with Crippen molar-refractivity contribution >= 4 is 29.1 Å². The number of carbonyl (C=O) groups is 3. The summed E-state index contributed by atoms with van der Waals surface area (Å²) >= 11 is 0. The maximum atomic E-state index is 12.3. The predicted molar refractivity (Wildman–Crippen MR) is 165 cm³/mol. The van der Waals surface area contributed by atoms with E-state index < -0.39 is 0 Å². The third-order valence-corrected chi connectivity index (χ3v) is 7.78. The highest BCUT2D eigenvalue weighted by Gasteiger charge is 2.47. The molecule has 3 heterocycles. The van der Waals surface area contributed by atoms with Gasteiger partial charge in [0.05, 0.1) is 5.69 Å². The Kier molecular flexibility index (Phi) is 6.83. The molecule has 0 bridgehead atoms. The van der Waals surface area contributed by atoms with Crippen molar-refractivity contribution in [1.29, 1.82) is 0 Å². The smallest absolute Gasteiger partial charge is 0.258 e. The van der Waals surface area contributed by atoms with Gasteiger partial charge in [-0.1, -0.05) is 24.3 Å². The number of imide groups is 1. The molecule has 0 radical (unpaired) electrons. The van der Waals surface area contributed by atoms with E-state index in [-0.39, 0.29) is 30.1 Å². The lowest BCUT2D eigenvalue weighted by Gasteiger charge is -2.21. The van der Waals surface area contributed by atoms with Crippen LogP contribution in [0.15, 0.2) is 109 Å². The minimum Gasteiger partial charge on any atom is -0.457 e. The minimum absolute atomic E-state index is 0.00879. The molecule has 0 aromatic heterocycles. The van der Waals surface area contributed by atoms with Crippen molar-refractivity contribution in [2.45, 2.75) is 32.6 Å². The summed E-state index contributed by atoms with van der Waals surface area (Å²) < 4.78 is 17.8. The third kappa shape index (κ3) is 5.39. The van der Waals surface area contributed by atoms with Gasteiger partial charge < -0.3 is 14.2 Å². The first-order chi connectivity index (χ1) is 21.3. The average molecular weight is 585 g/mol. The van der Waals surface area contributed by atoms with Gasteiger partial charge in [-0.2, -0.15) is 0 Å². The van der Waals surface area contributed by atoms with Crippen LogP contribution >= 0.6 is 0 Å². The van der Waals surface area contributed by atoms with Gasteiger partial charge in [-0.3, -0.25) is 19.3 Å². The zero-order valence-corrected chi connectivity index (χ0v) is 24.1. The van der Waals surface area contributed by atoms with Crippen LogP contribution in [0.4, 0.5) is 11.4 Å². The first-order valence-electron chi connectivity index (χ1n) is 14.3. The molecule has 0 spiro atoms. The lowest BCUT2D eigenvalue weighted by molar-refractivity contribution is -0.120. The Labute approximate surface area is 254 Å². The van der Waals surface area contributed by atoms with Crippen LogP contribution in [0.2, 0.25) is 0 Å². The van der Waals surface area contributed by atoms with Gasteiger partial charge in [0.2, 0.25) is 0 Å². The van der Waals surface area contributed by atoms with Gasteiger partial charge in [0.25, 0.3) is 17.7 Å². The lowest BCUT2D eigenvalue weighted by atomic mass is 10.0. The molecule has 3 aliphatic rings. The van der Waals surface area contributed by atoms with Crippen molar-refractivity contribution in [2.24, 2.45) is 0 Å². The number of hydrogen-bond donors (Lipinski definition) is 0. The summed E-state index contributed by atoms with van der Waals surface area (Å²) in [6.07, 6.45) is 6.41. The summed E-state index contributed by atoms with van der Waals surface area (Å²) in [5.41, 5.74) is 5.60. The molecule has 4 aromatic carbocycles. The zero-order valence-electron chi connectivity index (χ0n) is 24.1. The van der Waals surface area contributed by atoms with Crippen LogP contribution < -0.4 is 19.3 Å². The first-order valence-corrected chi connectivity index (χ1v) is 14.3. The summed E-state index contributed by atoms with van der Waals surface area (Å²) in [5, 5.41) is 0. The second kappa shape index (κ2) is 11.0. The molecule has 218 valence electrons. The van der Waals surface area contributed by atoms with Crippen LogP contribution in [0.1, 0.15) is 22.3 Å². The molecule has 4 aromatic rings. The highest BCUT2D eigenvalue weighted by atomic mass is 16.6. The maximum Gasteiger partial charge on any atom is 0.258 e. The highest BCUT2D eigenvalue weighted by Crippen LogP contribution is 2.36. The topological polar surface area (TPSA) is 88.7 Å². The largest absolute Gasteiger partial charge is 0.457 e. The van der Waals surface area contributed by atoms with Crippen LogP contribution in [-0.4, -0.2) is 30.1 Å². The number of nitrogens with zero attached hydrogens (tertiary/aromatic N) is 2. The SMILES string of the molecule is Cc1cc(Cc2ccc(Oc3ccc(N4C(=O)C=CC5OC54)cc3)c(C)c2)ccc1Oc1ccc(N2C(=O)C=CC2=O)cc1. The van der Waals surface area contributed by atoms with E-state index in [1.54, 1.807) is 41.3 Å². The number of fused-ring (bicyclic) bond motifs is 1. The molecule has 3 amide bonds. The maximum absolute atomic E-state index is 12.3. The van der Waals surface area contributed by atoms with E-state index in [0.29, 0.717) is 17.2 Å². The third-order valence-electron chi connectivity index (χ3n) is 7.78. The fraction of sp³-hybridized carbons (Fsp3) is 0.139. The molecule has 44 heavy (non-hydrogen) atoms. The fourth-order valence-electron chi connectivity index (χ4n) is 5.48. The fourth-order valence-corrected chi connectivity index (χ4v) is 5.48. The molecule has 0 N–H and O–H groups in total. The second-order valence-electron chi connectivity index (χ2n) is 11.0. The quantitative estimate of drug-likeness (QED) is 0.173. The van der Waals surface area contributed by atoms with E-state index in [0.717, 1.165) is 50.8 Å². The van der Waals surface area contributed by atoms with Crippen molar-refractivity contribution < 1.29 is 28.6 Å². The van der Waals surface area contributed by atoms with Crippen molar-refractivity contribution in [3.63, 3.8) is 0 Å². The highest BCUT2D eigenvalue weighted by molar-refractivity contribution is 6.28. The Hall–Kier alpha value is -5.47. The number of epoxide rings is 1. The van der Waals surface area contributed by atoms with Gasteiger partial charge in [0, 0.05) is 23.9 Å². The monoisotopic (exact) mass is 584 g/mol. The molecule has 0 aliphatic carbocycles. The van der Waals surface area contributed by atoms with Crippen molar-refractivity contribution in [3.05, 3.63) is 131 Å². The van der Waals surface area contributed by atoms with Gasteiger partial charge >= 0.3 is 0 Å². The molecule has 1 saturated heterocycles. The van der Waals surface area contributed by atoms with Crippen LogP contribution in [0.5, 0.6) is 23.0 Å². The summed E-state index contributed by atoms with van der Waals surface area (Å²) in [5.74, 6) is 2.01. The van der Waals surface area contributed by atoms with Gasteiger partial charge in [0.15, 0.2) is 6.23 Å². The molecular weight excluding hydrogens is 556 g/mol. The number of hydrogen-bond acceptors (Lipinski definition) is 6. The van der Waals surface area contributed by atoms with Crippen LogP contribution in [-0.2, 0) is 25.5 Å². The average Bonchev–Trinajstić information content (AvgIpc) is 3.72. The van der Waals surface area contributed by atoms with Crippen LogP contribution in [0, 0.1) is 13.8 Å². The van der Waals surface area contributed by atoms with Gasteiger partial charge in [-0.25, -0.2) is 4.90 Å². The molecule has 7 rings (SSSR count). The Morgan fingerprint density at radius 3 is 1.68 bits per heavy atom. The van der Waals surface area contributed by atoms with E-state index in [1.807, 2.05) is 56.3 Å². The molecule has 0 saturated carbocycles. The molecule has 2 unspecified atom stereocenters. The van der Waals surface area contributed by atoms with Crippen molar-refractivity contribution in [3.8, 4) is 23.0 Å². The van der Waals surface area contributed by atoms with E-state index in [4.69, 9.17) is 14.2 Å². The molecule has 2 atom stereocenters. The number of aryl methyl sites for hydroxylation is 2. The van der Waals surface area contributed by atoms with Crippen LogP contribution in [0.25, 0.3) is 0 Å². The van der Waals surface area contributed by atoms with Crippen molar-refractivity contribution in [1.82, 2.24) is 0 Å². The molecule has 8 nitrogen and oxygen atoms in total. The number of amides is 3. The van der Waals surface area contributed by atoms with E-state index in [1.165, 1.54) is 12.2 Å². The normalized spacial score (nSPS) is 18.5. The standard InChI is InChI=1S/C36H28N2O6/c1-22-19-24(3-13-30(22)42-28-9-5-26(6-10-28)37-33(39)17-18-34(37)40)21-25-4-14-31(23(2)20-25)43-29-11-7-27(8-12-29)38-35(41)16-15-32-36(38)44-32/h3-20,32,36H,21H2,1-2H3. The predicted octanol–water partition coefficient (Wildman–Crippen LogP) is 6.54. The molecule has 8 heteroatoms. The summed E-state index contributed by atoms with van der Waals surface area (Å²) in [6.45, 7) is 4.03. The number of carbonyl (C=O) groups excluding carboxylic acids is 3.